The summed E-state index contributed by atoms with van der Waals surface area (Å²) in [5.74, 6) is 0.695. The molecule has 1 fully saturated rings. The van der Waals surface area contributed by atoms with Gasteiger partial charge in [-0.1, -0.05) is 0 Å². The molecule has 0 saturated heterocycles. The van der Waals surface area contributed by atoms with Gasteiger partial charge < -0.3 is 16.0 Å². The Hall–Kier alpha value is -1.26. The number of amides is 1. The lowest BCUT2D eigenvalue weighted by Crippen LogP contribution is -2.45. The van der Waals surface area contributed by atoms with Gasteiger partial charge in [-0.15, -0.1) is 0 Å². The zero-order valence-corrected chi connectivity index (χ0v) is 9.63. The first-order chi connectivity index (χ1) is 7.11. The largest absolute Gasteiger partial charge is 0.354 e. The number of carbonyl (C=O) groups is 1. The van der Waals surface area contributed by atoms with Crippen molar-refractivity contribution in [3.8, 4) is 0 Å². The van der Waals surface area contributed by atoms with Gasteiger partial charge in [-0.3, -0.25) is 9.79 Å². The standard InChI is InChI=1S/C10H20N4O/c1-7(2)13-9(15)6-12-10(11-3)14-8-4-5-8/h7-8H,4-6H2,1-3H3,(H,13,15)(H2,11,12,14). The van der Waals surface area contributed by atoms with Crippen molar-refractivity contribution in [2.24, 2.45) is 4.99 Å². The van der Waals surface area contributed by atoms with Crippen LogP contribution in [0.2, 0.25) is 0 Å². The van der Waals surface area contributed by atoms with Crippen molar-refractivity contribution in [2.45, 2.75) is 38.8 Å². The highest BCUT2D eigenvalue weighted by Crippen LogP contribution is 2.18. The molecule has 1 amide bonds. The van der Waals surface area contributed by atoms with E-state index < -0.39 is 0 Å². The number of nitrogens with zero attached hydrogens (tertiary/aromatic N) is 1. The predicted molar refractivity (Wildman–Crippen MR) is 60.8 cm³/mol. The van der Waals surface area contributed by atoms with E-state index in [-0.39, 0.29) is 18.5 Å². The molecule has 0 bridgehead atoms. The van der Waals surface area contributed by atoms with Crippen molar-refractivity contribution in [2.75, 3.05) is 13.6 Å². The molecule has 1 aliphatic rings. The second kappa shape index (κ2) is 5.58. The maximum absolute atomic E-state index is 11.3. The number of hydrogen-bond acceptors (Lipinski definition) is 2. The Morgan fingerprint density at radius 1 is 1.47 bits per heavy atom. The van der Waals surface area contributed by atoms with Crippen LogP contribution >= 0.6 is 0 Å². The van der Waals surface area contributed by atoms with Crippen LogP contribution in [-0.4, -0.2) is 37.5 Å². The minimum atomic E-state index is -0.0104. The number of carbonyl (C=O) groups excluding carboxylic acids is 1. The molecule has 0 aromatic carbocycles. The summed E-state index contributed by atoms with van der Waals surface area (Å²) in [6, 6.07) is 0.724. The molecule has 5 nitrogen and oxygen atoms in total. The van der Waals surface area contributed by atoms with Gasteiger partial charge in [0, 0.05) is 19.1 Å². The second-order valence-corrected chi connectivity index (χ2v) is 4.07. The van der Waals surface area contributed by atoms with Gasteiger partial charge in [0.1, 0.15) is 0 Å². The van der Waals surface area contributed by atoms with Crippen molar-refractivity contribution < 1.29 is 4.79 Å². The molecule has 0 aromatic rings. The van der Waals surface area contributed by atoms with Gasteiger partial charge in [-0.25, -0.2) is 0 Å². The second-order valence-electron chi connectivity index (χ2n) is 4.07. The number of aliphatic imine (C=N–C) groups is 1. The summed E-state index contributed by atoms with van der Waals surface area (Å²) in [5.41, 5.74) is 0. The Morgan fingerprint density at radius 2 is 2.13 bits per heavy atom. The molecule has 0 heterocycles. The summed E-state index contributed by atoms with van der Waals surface area (Å²) in [6.07, 6.45) is 2.39. The fourth-order valence-corrected chi connectivity index (χ4v) is 1.15. The monoisotopic (exact) mass is 212 g/mol. The number of hydrogen-bond donors (Lipinski definition) is 3. The molecule has 86 valence electrons. The zero-order valence-electron chi connectivity index (χ0n) is 9.63. The highest BCUT2D eigenvalue weighted by atomic mass is 16.1. The third kappa shape index (κ3) is 5.24. The fourth-order valence-electron chi connectivity index (χ4n) is 1.15. The van der Waals surface area contributed by atoms with Crippen LogP contribution in [0.3, 0.4) is 0 Å². The Kier molecular flexibility index (Phi) is 4.39. The van der Waals surface area contributed by atoms with Crippen LogP contribution in [0.25, 0.3) is 0 Å². The number of rotatable bonds is 4. The van der Waals surface area contributed by atoms with Crippen molar-refractivity contribution in [3.63, 3.8) is 0 Å². The predicted octanol–water partition coefficient (Wildman–Crippen LogP) is -0.162. The van der Waals surface area contributed by atoms with Gasteiger partial charge in [-0.2, -0.15) is 0 Å². The summed E-state index contributed by atoms with van der Waals surface area (Å²) < 4.78 is 0. The van der Waals surface area contributed by atoms with E-state index in [0.717, 1.165) is 0 Å². The maximum Gasteiger partial charge on any atom is 0.239 e. The van der Waals surface area contributed by atoms with E-state index in [1.54, 1.807) is 7.05 Å². The SMILES string of the molecule is CN=C(NCC(=O)NC(C)C)NC1CC1. The minimum absolute atomic E-state index is 0.0104. The average molecular weight is 212 g/mol. The van der Waals surface area contributed by atoms with E-state index in [1.165, 1.54) is 12.8 Å². The van der Waals surface area contributed by atoms with Gasteiger partial charge in [0.05, 0.1) is 6.54 Å². The molecule has 5 heteroatoms. The Bertz CT molecular complexity index is 246. The van der Waals surface area contributed by atoms with E-state index in [1.807, 2.05) is 13.8 Å². The number of nitrogens with one attached hydrogen (secondary N) is 3. The summed E-state index contributed by atoms with van der Waals surface area (Å²) in [5, 5.41) is 8.99. The van der Waals surface area contributed by atoms with Crippen molar-refractivity contribution in [3.05, 3.63) is 0 Å². The van der Waals surface area contributed by atoms with Crippen LogP contribution in [0.1, 0.15) is 26.7 Å². The first kappa shape index (κ1) is 11.8. The quantitative estimate of drug-likeness (QED) is 0.448. The Labute approximate surface area is 90.7 Å². The molecule has 1 aliphatic carbocycles. The van der Waals surface area contributed by atoms with Gasteiger partial charge in [0.25, 0.3) is 0 Å². The first-order valence-electron chi connectivity index (χ1n) is 5.38. The highest BCUT2D eigenvalue weighted by Gasteiger charge is 2.22. The normalized spacial score (nSPS) is 16.4. The van der Waals surface area contributed by atoms with Gasteiger partial charge in [0.15, 0.2) is 5.96 Å². The molecule has 0 aromatic heterocycles. The third-order valence-corrected chi connectivity index (χ3v) is 2.01. The summed E-state index contributed by atoms with van der Waals surface area (Å²) >= 11 is 0. The van der Waals surface area contributed by atoms with Gasteiger partial charge >= 0.3 is 0 Å². The van der Waals surface area contributed by atoms with Crippen LogP contribution in [-0.2, 0) is 4.79 Å². The lowest BCUT2D eigenvalue weighted by molar-refractivity contribution is -0.120. The van der Waals surface area contributed by atoms with E-state index in [2.05, 4.69) is 20.9 Å². The van der Waals surface area contributed by atoms with E-state index in [4.69, 9.17) is 0 Å². The molecule has 15 heavy (non-hydrogen) atoms. The minimum Gasteiger partial charge on any atom is -0.354 e. The van der Waals surface area contributed by atoms with Crippen molar-refractivity contribution in [1.29, 1.82) is 0 Å². The molecule has 0 atom stereocenters. The molecule has 0 radical (unpaired) electrons. The summed E-state index contributed by atoms with van der Waals surface area (Å²) in [6.45, 7) is 4.15. The van der Waals surface area contributed by atoms with Crippen molar-refractivity contribution in [1.82, 2.24) is 16.0 Å². The first-order valence-corrected chi connectivity index (χ1v) is 5.38. The average Bonchev–Trinajstić information content (AvgIpc) is 2.94. The fraction of sp³-hybridized carbons (Fsp3) is 0.800. The topological polar surface area (TPSA) is 65.5 Å². The molecule has 1 rings (SSSR count). The van der Waals surface area contributed by atoms with Crippen molar-refractivity contribution >= 4 is 11.9 Å². The van der Waals surface area contributed by atoms with Gasteiger partial charge in [-0.05, 0) is 26.7 Å². The summed E-state index contributed by atoms with van der Waals surface area (Å²) in [4.78, 5) is 15.4. The molecular weight excluding hydrogens is 192 g/mol. The highest BCUT2D eigenvalue weighted by molar-refractivity contribution is 5.86. The van der Waals surface area contributed by atoms with Crippen LogP contribution in [0, 0.1) is 0 Å². The van der Waals surface area contributed by atoms with E-state index >= 15 is 0 Å². The van der Waals surface area contributed by atoms with E-state index in [0.29, 0.717) is 12.0 Å². The third-order valence-electron chi connectivity index (χ3n) is 2.01. The van der Waals surface area contributed by atoms with Crippen LogP contribution in [0.5, 0.6) is 0 Å². The molecule has 0 unspecified atom stereocenters. The lowest BCUT2D eigenvalue weighted by Gasteiger charge is -2.12. The molecule has 0 aliphatic heterocycles. The molecule has 0 spiro atoms. The number of guanidine groups is 1. The van der Waals surface area contributed by atoms with Crippen LogP contribution in [0.4, 0.5) is 0 Å². The maximum atomic E-state index is 11.3. The lowest BCUT2D eigenvalue weighted by atomic mass is 10.4. The smallest absolute Gasteiger partial charge is 0.239 e. The van der Waals surface area contributed by atoms with Crippen LogP contribution in [0.15, 0.2) is 4.99 Å². The van der Waals surface area contributed by atoms with Crippen LogP contribution < -0.4 is 16.0 Å². The summed E-state index contributed by atoms with van der Waals surface area (Å²) in [7, 11) is 1.71. The zero-order chi connectivity index (χ0) is 11.3. The molecule has 1 saturated carbocycles. The Morgan fingerprint density at radius 3 is 2.60 bits per heavy atom. The Balaban J connectivity index is 2.18. The molecule has 3 N–H and O–H groups in total. The molecular formula is C10H20N4O. The van der Waals surface area contributed by atoms with Gasteiger partial charge in [0.2, 0.25) is 5.91 Å². The van der Waals surface area contributed by atoms with E-state index in [9.17, 15) is 4.79 Å².